The lowest BCUT2D eigenvalue weighted by atomic mass is 9.99. The summed E-state index contributed by atoms with van der Waals surface area (Å²) < 4.78 is 5.58. The molecule has 1 aromatic carbocycles. The van der Waals surface area contributed by atoms with Crippen LogP contribution in [0, 0.1) is 19.8 Å². The fraction of sp³-hybridized carbons (Fsp3) is 0.562. The van der Waals surface area contributed by atoms with E-state index in [0.29, 0.717) is 12.5 Å². The van der Waals surface area contributed by atoms with Crippen molar-refractivity contribution < 1.29 is 9.53 Å². The normalized spacial score (nSPS) is 16.5. The van der Waals surface area contributed by atoms with E-state index in [1.807, 2.05) is 25.1 Å². The van der Waals surface area contributed by atoms with Gasteiger partial charge in [0.25, 0.3) is 0 Å². The molecule has 0 bridgehead atoms. The molecule has 1 N–H and O–H groups in total. The summed E-state index contributed by atoms with van der Waals surface area (Å²) in [6.45, 7) is 7.13. The van der Waals surface area contributed by atoms with E-state index in [1.54, 1.807) is 0 Å². The Balaban J connectivity index is 1.78. The number of hydrogen-bond acceptors (Lipinski definition) is 3. The molecule has 0 spiro atoms. The zero-order chi connectivity index (χ0) is 13.7. The average Bonchev–Trinajstić information content (AvgIpc) is 2.43. The van der Waals surface area contributed by atoms with E-state index in [-0.39, 0.29) is 12.4 Å². The Morgan fingerprint density at radius 1 is 1.26 bits per heavy atom. The lowest BCUT2D eigenvalue weighted by Gasteiger charge is -2.22. The first kappa shape index (κ1) is 14.2. The molecule has 104 valence electrons. The minimum absolute atomic E-state index is 0.0806. The molecule has 0 saturated carbocycles. The predicted octanol–water partition coefficient (Wildman–Crippen LogP) is 2.50. The van der Waals surface area contributed by atoms with Crippen LogP contribution in [-0.2, 0) is 4.74 Å². The van der Waals surface area contributed by atoms with Gasteiger partial charge in [-0.2, -0.15) is 0 Å². The maximum Gasteiger partial charge on any atom is 0.188 e. The van der Waals surface area contributed by atoms with Crippen LogP contribution in [0.1, 0.15) is 34.3 Å². The standard InChI is InChI=1S/C16H23NO2/c1-12-3-4-15(9-13(12)2)16(18)11-19-10-14-5-7-17-8-6-14/h3-4,9,14,17H,5-8,10-11H2,1-2H3. The Labute approximate surface area is 115 Å². The van der Waals surface area contributed by atoms with Gasteiger partial charge in [0.15, 0.2) is 5.78 Å². The number of piperidine rings is 1. The molecule has 2 rings (SSSR count). The highest BCUT2D eigenvalue weighted by Crippen LogP contribution is 2.13. The number of rotatable bonds is 5. The Bertz CT molecular complexity index is 436. The van der Waals surface area contributed by atoms with Crippen LogP contribution in [0.4, 0.5) is 0 Å². The highest BCUT2D eigenvalue weighted by molar-refractivity contribution is 5.97. The third-order valence-electron chi connectivity index (χ3n) is 3.87. The third-order valence-corrected chi connectivity index (χ3v) is 3.87. The third kappa shape index (κ3) is 4.15. The monoisotopic (exact) mass is 261 g/mol. The summed E-state index contributed by atoms with van der Waals surface area (Å²) in [7, 11) is 0. The first-order chi connectivity index (χ1) is 9.16. The molecule has 3 nitrogen and oxygen atoms in total. The van der Waals surface area contributed by atoms with Crippen molar-refractivity contribution in [2.45, 2.75) is 26.7 Å². The number of hydrogen-bond donors (Lipinski definition) is 1. The fourth-order valence-corrected chi connectivity index (χ4v) is 2.36. The SMILES string of the molecule is Cc1ccc(C(=O)COCC2CCNCC2)cc1C. The molecule has 1 aliphatic heterocycles. The van der Waals surface area contributed by atoms with Gasteiger partial charge in [0.1, 0.15) is 6.61 Å². The number of nitrogens with one attached hydrogen (secondary N) is 1. The summed E-state index contributed by atoms with van der Waals surface area (Å²) in [6, 6.07) is 5.83. The van der Waals surface area contributed by atoms with Crippen molar-refractivity contribution in [1.82, 2.24) is 5.32 Å². The van der Waals surface area contributed by atoms with Crippen LogP contribution in [0.15, 0.2) is 18.2 Å². The maximum absolute atomic E-state index is 12.0. The minimum atomic E-state index is 0.0806. The smallest absolute Gasteiger partial charge is 0.188 e. The van der Waals surface area contributed by atoms with Crippen molar-refractivity contribution in [3.05, 3.63) is 34.9 Å². The van der Waals surface area contributed by atoms with Gasteiger partial charge >= 0.3 is 0 Å². The Morgan fingerprint density at radius 3 is 2.68 bits per heavy atom. The number of benzene rings is 1. The van der Waals surface area contributed by atoms with E-state index in [9.17, 15) is 4.79 Å². The van der Waals surface area contributed by atoms with Gasteiger partial charge in [-0.25, -0.2) is 0 Å². The highest BCUT2D eigenvalue weighted by Gasteiger charge is 2.14. The molecule has 1 aliphatic rings. The van der Waals surface area contributed by atoms with Gasteiger partial charge in [0.2, 0.25) is 0 Å². The Morgan fingerprint density at radius 2 is 2.00 bits per heavy atom. The number of carbonyl (C=O) groups is 1. The fourth-order valence-electron chi connectivity index (χ4n) is 2.36. The Kier molecular flexibility index (Phi) is 5.11. The molecular weight excluding hydrogens is 238 g/mol. The average molecular weight is 261 g/mol. The first-order valence-electron chi connectivity index (χ1n) is 7.05. The number of carbonyl (C=O) groups excluding carboxylic acids is 1. The number of aryl methyl sites for hydroxylation is 2. The molecule has 1 heterocycles. The van der Waals surface area contributed by atoms with Gasteiger partial charge in [-0.1, -0.05) is 12.1 Å². The van der Waals surface area contributed by atoms with Crippen LogP contribution in [-0.4, -0.2) is 32.1 Å². The largest absolute Gasteiger partial charge is 0.373 e. The first-order valence-corrected chi connectivity index (χ1v) is 7.05. The molecule has 0 atom stereocenters. The molecule has 0 aliphatic carbocycles. The summed E-state index contributed by atoms with van der Waals surface area (Å²) in [6.07, 6.45) is 2.30. The van der Waals surface area contributed by atoms with Gasteiger partial charge in [0.05, 0.1) is 6.61 Å². The highest BCUT2D eigenvalue weighted by atomic mass is 16.5. The topological polar surface area (TPSA) is 38.3 Å². The molecule has 0 radical (unpaired) electrons. The summed E-state index contributed by atoms with van der Waals surface area (Å²) in [4.78, 5) is 12.0. The molecule has 1 aromatic rings. The van der Waals surface area contributed by atoms with Crippen molar-refractivity contribution in [3.63, 3.8) is 0 Å². The molecule has 0 amide bonds. The van der Waals surface area contributed by atoms with E-state index in [4.69, 9.17) is 4.74 Å². The van der Waals surface area contributed by atoms with Crippen LogP contribution in [0.2, 0.25) is 0 Å². The minimum Gasteiger partial charge on any atom is -0.373 e. The van der Waals surface area contributed by atoms with Crippen molar-refractivity contribution in [1.29, 1.82) is 0 Å². The lowest BCUT2D eigenvalue weighted by molar-refractivity contribution is 0.0638. The van der Waals surface area contributed by atoms with Crippen LogP contribution in [0.5, 0.6) is 0 Å². The van der Waals surface area contributed by atoms with Gasteiger partial charge in [-0.15, -0.1) is 0 Å². The van der Waals surface area contributed by atoms with E-state index in [1.165, 1.54) is 5.56 Å². The van der Waals surface area contributed by atoms with E-state index < -0.39 is 0 Å². The van der Waals surface area contributed by atoms with Gasteiger partial charge < -0.3 is 10.1 Å². The molecule has 1 fully saturated rings. The van der Waals surface area contributed by atoms with Crippen molar-refractivity contribution in [2.24, 2.45) is 5.92 Å². The summed E-state index contributed by atoms with van der Waals surface area (Å²) in [5, 5.41) is 3.33. The zero-order valence-electron chi connectivity index (χ0n) is 11.9. The van der Waals surface area contributed by atoms with Crippen LogP contribution in [0.25, 0.3) is 0 Å². The molecule has 1 saturated heterocycles. The van der Waals surface area contributed by atoms with Gasteiger partial charge in [-0.3, -0.25) is 4.79 Å². The van der Waals surface area contributed by atoms with Crippen LogP contribution in [0.3, 0.4) is 0 Å². The maximum atomic E-state index is 12.0. The molecule has 0 aromatic heterocycles. The summed E-state index contributed by atoms with van der Waals surface area (Å²) in [5.41, 5.74) is 3.13. The van der Waals surface area contributed by atoms with Crippen molar-refractivity contribution in [3.8, 4) is 0 Å². The zero-order valence-corrected chi connectivity index (χ0v) is 11.9. The number of ketones is 1. The van der Waals surface area contributed by atoms with Gasteiger partial charge in [-0.05, 0) is 62.9 Å². The van der Waals surface area contributed by atoms with E-state index >= 15 is 0 Å². The summed E-state index contributed by atoms with van der Waals surface area (Å²) in [5.74, 6) is 0.686. The lowest BCUT2D eigenvalue weighted by Crippen LogP contribution is -2.30. The van der Waals surface area contributed by atoms with Crippen molar-refractivity contribution in [2.75, 3.05) is 26.3 Å². The van der Waals surface area contributed by atoms with E-state index in [2.05, 4.69) is 12.2 Å². The second-order valence-corrected chi connectivity index (χ2v) is 5.43. The van der Waals surface area contributed by atoms with Crippen LogP contribution >= 0.6 is 0 Å². The predicted molar refractivity (Wildman–Crippen MR) is 76.7 cm³/mol. The number of Topliss-reactive ketones (excluding diaryl/α,β-unsaturated/α-hetero) is 1. The molecular formula is C16H23NO2. The second-order valence-electron chi connectivity index (χ2n) is 5.43. The van der Waals surface area contributed by atoms with Gasteiger partial charge in [0, 0.05) is 5.56 Å². The molecule has 19 heavy (non-hydrogen) atoms. The quantitative estimate of drug-likeness (QED) is 0.828. The Hall–Kier alpha value is -1.19. The summed E-state index contributed by atoms with van der Waals surface area (Å²) >= 11 is 0. The van der Waals surface area contributed by atoms with Crippen LogP contribution < -0.4 is 5.32 Å². The van der Waals surface area contributed by atoms with E-state index in [0.717, 1.165) is 37.1 Å². The molecule has 0 unspecified atom stereocenters. The second kappa shape index (κ2) is 6.83. The molecule has 3 heteroatoms. The van der Waals surface area contributed by atoms with Crippen molar-refractivity contribution >= 4 is 5.78 Å². The number of ether oxygens (including phenoxy) is 1.